The molecule has 1 amide bonds. The van der Waals surface area contributed by atoms with E-state index in [4.69, 9.17) is 0 Å². The molecule has 3 heteroatoms. The maximum Gasteiger partial charge on any atom is 0.234 e. The van der Waals surface area contributed by atoms with Crippen molar-refractivity contribution >= 4 is 5.91 Å². The Morgan fingerprint density at radius 2 is 2.06 bits per heavy atom. The van der Waals surface area contributed by atoms with Crippen LogP contribution in [0.3, 0.4) is 0 Å². The molecule has 0 aromatic carbocycles. The van der Waals surface area contributed by atoms with Gasteiger partial charge < -0.3 is 10.6 Å². The second kappa shape index (κ2) is 7.13. The summed E-state index contributed by atoms with van der Waals surface area (Å²) in [5, 5.41) is 6.36. The smallest absolute Gasteiger partial charge is 0.234 e. The molecule has 0 radical (unpaired) electrons. The van der Waals surface area contributed by atoms with E-state index in [1.165, 1.54) is 25.7 Å². The molecule has 2 unspecified atom stereocenters. The number of hydrogen-bond acceptors (Lipinski definition) is 2. The number of amides is 1. The van der Waals surface area contributed by atoms with Crippen LogP contribution in [0, 0.1) is 11.8 Å². The van der Waals surface area contributed by atoms with E-state index in [2.05, 4.69) is 38.3 Å². The van der Waals surface area contributed by atoms with E-state index >= 15 is 0 Å². The molecular weight excluding hydrogens is 224 g/mol. The Kier molecular flexibility index (Phi) is 6.13. The standard InChI is InChI=1S/C15H30N2O/c1-5-15(3,4)17-14(18)11-16-10-13-8-6-7-12(2)9-13/h12-13,16H,5-11H2,1-4H3,(H,17,18). The highest BCUT2D eigenvalue weighted by molar-refractivity contribution is 5.78. The fourth-order valence-electron chi connectivity index (χ4n) is 2.64. The monoisotopic (exact) mass is 254 g/mol. The molecule has 2 atom stereocenters. The third-order valence-corrected chi connectivity index (χ3v) is 4.13. The second-order valence-corrected chi connectivity index (χ2v) is 6.55. The Balaban J connectivity index is 2.15. The number of carbonyl (C=O) groups excluding carboxylic acids is 1. The molecule has 0 saturated heterocycles. The summed E-state index contributed by atoms with van der Waals surface area (Å²) in [4.78, 5) is 11.7. The van der Waals surface area contributed by atoms with Crippen molar-refractivity contribution in [2.24, 2.45) is 11.8 Å². The number of carbonyl (C=O) groups is 1. The maximum atomic E-state index is 11.7. The van der Waals surface area contributed by atoms with Crippen LogP contribution in [0.1, 0.15) is 59.8 Å². The first-order valence-corrected chi connectivity index (χ1v) is 7.44. The molecule has 0 spiro atoms. The van der Waals surface area contributed by atoms with Gasteiger partial charge in [0.1, 0.15) is 0 Å². The lowest BCUT2D eigenvalue weighted by molar-refractivity contribution is -0.121. The normalized spacial score (nSPS) is 24.9. The molecule has 0 aliphatic heterocycles. The van der Waals surface area contributed by atoms with Gasteiger partial charge in [0.25, 0.3) is 0 Å². The Hall–Kier alpha value is -0.570. The summed E-state index contributed by atoms with van der Waals surface area (Å²) in [6.07, 6.45) is 6.32. The molecule has 1 aliphatic carbocycles. The third kappa shape index (κ3) is 5.85. The Bertz CT molecular complexity index is 263. The molecule has 0 aromatic heterocycles. The van der Waals surface area contributed by atoms with Gasteiger partial charge in [-0.1, -0.05) is 26.7 Å². The summed E-state index contributed by atoms with van der Waals surface area (Å²) in [5.41, 5.74) is -0.0852. The average molecular weight is 254 g/mol. The van der Waals surface area contributed by atoms with E-state index in [1.54, 1.807) is 0 Å². The van der Waals surface area contributed by atoms with Gasteiger partial charge in [0, 0.05) is 5.54 Å². The first-order chi connectivity index (χ1) is 8.43. The fraction of sp³-hybridized carbons (Fsp3) is 0.933. The summed E-state index contributed by atoms with van der Waals surface area (Å²) in [7, 11) is 0. The zero-order chi connectivity index (χ0) is 13.6. The molecule has 106 valence electrons. The first-order valence-electron chi connectivity index (χ1n) is 7.44. The lowest BCUT2D eigenvalue weighted by atomic mass is 9.82. The SMILES string of the molecule is CCC(C)(C)NC(=O)CNCC1CCCC(C)C1. The predicted molar refractivity (Wildman–Crippen MR) is 76.5 cm³/mol. The van der Waals surface area contributed by atoms with Gasteiger partial charge in [-0.25, -0.2) is 0 Å². The van der Waals surface area contributed by atoms with E-state index < -0.39 is 0 Å². The van der Waals surface area contributed by atoms with Gasteiger partial charge in [0.05, 0.1) is 6.54 Å². The Labute approximate surface area is 112 Å². The molecule has 0 heterocycles. The molecule has 1 saturated carbocycles. The van der Waals surface area contributed by atoms with Crippen molar-refractivity contribution in [3.05, 3.63) is 0 Å². The van der Waals surface area contributed by atoms with Crippen molar-refractivity contribution in [1.82, 2.24) is 10.6 Å². The van der Waals surface area contributed by atoms with E-state index in [1.807, 2.05) is 0 Å². The number of nitrogens with one attached hydrogen (secondary N) is 2. The van der Waals surface area contributed by atoms with Gasteiger partial charge in [-0.05, 0) is 51.5 Å². The van der Waals surface area contributed by atoms with E-state index in [-0.39, 0.29) is 11.4 Å². The quantitative estimate of drug-likeness (QED) is 0.765. The van der Waals surface area contributed by atoms with Crippen LogP contribution in [0.25, 0.3) is 0 Å². The molecule has 0 bridgehead atoms. The highest BCUT2D eigenvalue weighted by atomic mass is 16.2. The van der Waals surface area contributed by atoms with Crippen LogP contribution in [0.5, 0.6) is 0 Å². The van der Waals surface area contributed by atoms with Gasteiger partial charge in [-0.15, -0.1) is 0 Å². The van der Waals surface area contributed by atoms with Gasteiger partial charge in [-0.3, -0.25) is 4.79 Å². The summed E-state index contributed by atoms with van der Waals surface area (Å²) in [6.45, 7) is 10.00. The highest BCUT2D eigenvalue weighted by Gasteiger charge is 2.20. The number of rotatable bonds is 6. The molecule has 3 nitrogen and oxygen atoms in total. The van der Waals surface area contributed by atoms with Crippen molar-refractivity contribution < 1.29 is 4.79 Å². The highest BCUT2D eigenvalue weighted by Crippen LogP contribution is 2.27. The summed E-state index contributed by atoms with van der Waals surface area (Å²) < 4.78 is 0. The van der Waals surface area contributed by atoms with Crippen molar-refractivity contribution in [1.29, 1.82) is 0 Å². The van der Waals surface area contributed by atoms with Crippen molar-refractivity contribution in [2.75, 3.05) is 13.1 Å². The van der Waals surface area contributed by atoms with E-state index in [9.17, 15) is 4.79 Å². The largest absolute Gasteiger partial charge is 0.350 e. The van der Waals surface area contributed by atoms with Crippen LogP contribution in [0.2, 0.25) is 0 Å². The minimum Gasteiger partial charge on any atom is -0.350 e. The summed E-state index contributed by atoms with van der Waals surface area (Å²) >= 11 is 0. The first kappa shape index (κ1) is 15.5. The third-order valence-electron chi connectivity index (χ3n) is 4.13. The maximum absolute atomic E-state index is 11.7. The van der Waals surface area contributed by atoms with E-state index in [0.717, 1.165) is 24.8 Å². The topological polar surface area (TPSA) is 41.1 Å². The predicted octanol–water partition coefficient (Wildman–Crippen LogP) is 2.71. The molecular formula is C15H30N2O. The average Bonchev–Trinajstić information content (AvgIpc) is 2.28. The van der Waals surface area contributed by atoms with E-state index in [0.29, 0.717) is 6.54 Å². The van der Waals surface area contributed by atoms with Gasteiger partial charge in [0.2, 0.25) is 5.91 Å². The van der Waals surface area contributed by atoms with Gasteiger partial charge in [0.15, 0.2) is 0 Å². The minimum absolute atomic E-state index is 0.0852. The van der Waals surface area contributed by atoms with Crippen molar-refractivity contribution in [3.63, 3.8) is 0 Å². The lowest BCUT2D eigenvalue weighted by Gasteiger charge is -2.27. The van der Waals surface area contributed by atoms with Crippen molar-refractivity contribution in [3.8, 4) is 0 Å². The molecule has 0 aromatic rings. The summed E-state index contributed by atoms with van der Waals surface area (Å²) in [6, 6.07) is 0. The Morgan fingerprint density at radius 3 is 2.67 bits per heavy atom. The van der Waals surface area contributed by atoms with Crippen LogP contribution in [-0.2, 0) is 4.79 Å². The summed E-state index contributed by atoms with van der Waals surface area (Å²) in [5.74, 6) is 1.74. The molecule has 1 fully saturated rings. The Morgan fingerprint density at radius 1 is 1.33 bits per heavy atom. The van der Waals surface area contributed by atoms with Gasteiger partial charge >= 0.3 is 0 Å². The van der Waals surface area contributed by atoms with Gasteiger partial charge in [-0.2, -0.15) is 0 Å². The van der Waals surface area contributed by atoms with Crippen LogP contribution in [0.15, 0.2) is 0 Å². The molecule has 1 aliphatic rings. The van der Waals surface area contributed by atoms with Crippen LogP contribution in [0.4, 0.5) is 0 Å². The second-order valence-electron chi connectivity index (χ2n) is 6.55. The van der Waals surface area contributed by atoms with Crippen molar-refractivity contribution in [2.45, 2.75) is 65.3 Å². The van der Waals surface area contributed by atoms with Crippen LogP contribution < -0.4 is 10.6 Å². The molecule has 1 rings (SSSR count). The zero-order valence-electron chi connectivity index (χ0n) is 12.5. The van der Waals surface area contributed by atoms with Crippen LogP contribution >= 0.6 is 0 Å². The lowest BCUT2D eigenvalue weighted by Crippen LogP contribution is -2.47. The fourth-order valence-corrected chi connectivity index (χ4v) is 2.64. The minimum atomic E-state index is -0.0852. The molecule has 18 heavy (non-hydrogen) atoms. The molecule has 2 N–H and O–H groups in total. The van der Waals surface area contributed by atoms with Crippen LogP contribution in [-0.4, -0.2) is 24.5 Å². The zero-order valence-corrected chi connectivity index (χ0v) is 12.5. The number of hydrogen-bond donors (Lipinski definition) is 2.